The average Bonchev–Trinajstić information content (AvgIpc) is 3.31. The zero-order valence-electron chi connectivity index (χ0n) is 16.3. The Hall–Kier alpha value is -3.52. The van der Waals surface area contributed by atoms with Gasteiger partial charge in [-0.1, -0.05) is 72.8 Å². The summed E-state index contributed by atoms with van der Waals surface area (Å²) in [5.41, 5.74) is 11.0. The minimum atomic E-state index is 0.361. The Morgan fingerprint density at radius 3 is 2.41 bits per heavy atom. The minimum absolute atomic E-state index is 0.361. The molecule has 2 heteroatoms. The van der Waals surface area contributed by atoms with Crippen LogP contribution in [0.5, 0.6) is 0 Å². The van der Waals surface area contributed by atoms with Gasteiger partial charge >= 0.3 is 0 Å². The quantitative estimate of drug-likeness (QED) is 0.292. The molecule has 1 unspecified atom stereocenters. The third kappa shape index (κ3) is 1.82. The van der Waals surface area contributed by atoms with E-state index in [0.717, 1.165) is 6.42 Å². The highest BCUT2D eigenvalue weighted by atomic mass is 15.2. The first-order valence-corrected chi connectivity index (χ1v) is 10.3. The molecule has 0 saturated heterocycles. The summed E-state index contributed by atoms with van der Waals surface area (Å²) >= 11 is 0. The van der Waals surface area contributed by atoms with E-state index in [4.69, 9.17) is 0 Å². The summed E-state index contributed by atoms with van der Waals surface area (Å²) in [6, 6.07) is 31.6. The number of aryl methyl sites for hydroxylation is 1. The fraction of sp³-hybridized carbons (Fsp3) is 0.111. The van der Waals surface area contributed by atoms with E-state index in [9.17, 15) is 0 Å². The van der Waals surface area contributed by atoms with Gasteiger partial charge in [-0.2, -0.15) is 0 Å². The molecule has 4 aromatic carbocycles. The van der Waals surface area contributed by atoms with Crippen molar-refractivity contribution in [3.05, 3.63) is 96.1 Å². The van der Waals surface area contributed by atoms with Crippen LogP contribution in [0, 0.1) is 0 Å². The molecule has 2 aliphatic rings. The Kier molecular flexibility index (Phi) is 2.81. The molecule has 3 heterocycles. The average molecular weight is 372 g/mol. The maximum Gasteiger partial charge on any atom is 0.0733 e. The molecule has 0 aliphatic carbocycles. The number of hydrogen-bond acceptors (Lipinski definition) is 1. The van der Waals surface area contributed by atoms with E-state index in [-0.39, 0.29) is 0 Å². The summed E-state index contributed by atoms with van der Waals surface area (Å²) in [4.78, 5) is 2.61. The lowest BCUT2D eigenvalue weighted by molar-refractivity contribution is 0.737. The van der Waals surface area contributed by atoms with Gasteiger partial charge in [0.2, 0.25) is 0 Å². The van der Waals surface area contributed by atoms with Crippen molar-refractivity contribution in [2.24, 2.45) is 7.05 Å². The van der Waals surface area contributed by atoms with Crippen molar-refractivity contribution in [3.8, 4) is 11.1 Å². The van der Waals surface area contributed by atoms with E-state index >= 15 is 0 Å². The van der Waals surface area contributed by atoms with Gasteiger partial charge in [0.15, 0.2) is 0 Å². The number of rotatable bonds is 0. The first kappa shape index (κ1) is 15.4. The normalized spacial score (nSPS) is 16.6. The van der Waals surface area contributed by atoms with Gasteiger partial charge in [-0.05, 0) is 35.2 Å². The monoisotopic (exact) mass is 372 g/mol. The zero-order chi connectivity index (χ0) is 19.1. The first-order valence-electron chi connectivity index (χ1n) is 10.3. The van der Waals surface area contributed by atoms with Gasteiger partial charge in [-0.3, -0.25) is 0 Å². The third-order valence-electron chi connectivity index (χ3n) is 6.87. The van der Waals surface area contributed by atoms with E-state index in [1.54, 1.807) is 0 Å². The molecule has 138 valence electrons. The van der Waals surface area contributed by atoms with Gasteiger partial charge in [0.25, 0.3) is 0 Å². The topological polar surface area (TPSA) is 8.17 Å². The fourth-order valence-corrected chi connectivity index (χ4v) is 5.66. The number of fused-ring (bicyclic) bond motifs is 12. The highest BCUT2D eigenvalue weighted by molar-refractivity contribution is 6.14. The molecular weight excluding hydrogens is 352 g/mol. The van der Waals surface area contributed by atoms with Crippen molar-refractivity contribution in [2.75, 3.05) is 4.90 Å². The van der Waals surface area contributed by atoms with Crippen molar-refractivity contribution >= 4 is 33.2 Å². The molecule has 2 nitrogen and oxygen atoms in total. The lowest BCUT2D eigenvalue weighted by Gasteiger charge is -2.36. The van der Waals surface area contributed by atoms with Crippen LogP contribution in [-0.2, 0) is 13.5 Å². The van der Waals surface area contributed by atoms with Crippen LogP contribution < -0.4 is 4.90 Å². The summed E-state index contributed by atoms with van der Waals surface area (Å²) in [5, 5.41) is 2.68. The minimum Gasteiger partial charge on any atom is -0.342 e. The summed E-state index contributed by atoms with van der Waals surface area (Å²) in [6.07, 6.45) is 1.05. The van der Waals surface area contributed by atoms with Crippen LogP contribution in [-0.4, -0.2) is 4.57 Å². The number of hydrogen-bond donors (Lipinski definition) is 0. The van der Waals surface area contributed by atoms with Crippen molar-refractivity contribution in [2.45, 2.75) is 12.5 Å². The second-order valence-corrected chi connectivity index (χ2v) is 8.24. The molecule has 0 radical (unpaired) electrons. The Bertz CT molecular complexity index is 1460. The summed E-state index contributed by atoms with van der Waals surface area (Å²) in [6.45, 7) is 0. The van der Waals surface area contributed by atoms with Crippen molar-refractivity contribution in [1.82, 2.24) is 4.57 Å². The molecule has 0 saturated carbocycles. The van der Waals surface area contributed by atoms with Crippen LogP contribution in [0.1, 0.15) is 17.2 Å². The van der Waals surface area contributed by atoms with Crippen molar-refractivity contribution in [3.63, 3.8) is 0 Å². The van der Waals surface area contributed by atoms with E-state index in [0.29, 0.717) is 6.04 Å². The molecule has 0 amide bonds. The van der Waals surface area contributed by atoms with Crippen molar-refractivity contribution < 1.29 is 0 Å². The van der Waals surface area contributed by atoms with Gasteiger partial charge in [0.05, 0.1) is 17.2 Å². The largest absolute Gasteiger partial charge is 0.342 e. The lowest BCUT2D eigenvalue weighted by atomic mass is 9.88. The summed E-state index contributed by atoms with van der Waals surface area (Å²) in [7, 11) is 2.21. The van der Waals surface area contributed by atoms with E-state index < -0.39 is 0 Å². The summed E-state index contributed by atoms with van der Waals surface area (Å²) in [5.74, 6) is 0. The van der Waals surface area contributed by atoms with Crippen molar-refractivity contribution in [1.29, 1.82) is 0 Å². The summed E-state index contributed by atoms with van der Waals surface area (Å²) < 4.78 is 2.38. The second kappa shape index (κ2) is 5.30. The van der Waals surface area contributed by atoms with Crippen LogP contribution in [0.15, 0.2) is 84.9 Å². The second-order valence-electron chi connectivity index (χ2n) is 8.24. The van der Waals surface area contributed by atoms with E-state index in [1.165, 1.54) is 55.4 Å². The maximum atomic E-state index is 2.61. The number of aromatic nitrogens is 1. The molecule has 0 N–H and O–H groups in total. The standard InChI is InChI=1S/C27H20N2/c1-28-23-12-6-4-11-21(23)22-15-14-17-16-25-20-10-3-2-8-18(20)19-9-5-7-13-24(19)29(25)26(17)27(22)28/h2-15,25H,16H2,1H3. The number of benzene rings is 4. The van der Waals surface area contributed by atoms with Crippen LogP contribution in [0.4, 0.5) is 11.4 Å². The van der Waals surface area contributed by atoms with Gasteiger partial charge < -0.3 is 9.47 Å². The molecule has 2 aliphatic heterocycles. The molecule has 1 aromatic heterocycles. The Morgan fingerprint density at radius 1 is 0.724 bits per heavy atom. The van der Waals surface area contributed by atoms with Crippen LogP contribution >= 0.6 is 0 Å². The van der Waals surface area contributed by atoms with Gasteiger partial charge in [-0.25, -0.2) is 0 Å². The molecule has 29 heavy (non-hydrogen) atoms. The molecule has 7 rings (SSSR count). The zero-order valence-corrected chi connectivity index (χ0v) is 16.3. The number of anilines is 2. The van der Waals surface area contributed by atoms with Crippen LogP contribution in [0.2, 0.25) is 0 Å². The van der Waals surface area contributed by atoms with Crippen LogP contribution in [0.3, 0.4) is 0 Å². The molecule has 5 aromatic rings. The number of para-hydroxylation sites is 2. The lowest BCUT2D eigenvalue weighted by Crippen LogP contribution is -2.24. The Morgan fingerprint density at radius 2 is 1.48 bits per heavy atom. The molecule has 0 fully saturated rings. The SMILES string of the molecule is Cn1c2ccccc2c2ccc3c(c21)N1c2ccccc2-c2ccccc2C1C3. The highest BCUT2D eigenvalue weighted by Gasteiger charge is 2.39. The van der Waals surface area contributed by atoms with Gasteiger partial charge in [0.1, 0.15) is 0 Å². The first-order chi connectivity index (χ1) is 14.3. The van der Waals surface area contributed by atoms with Gasteiger partial charge in [0, 0.05) is 34.6 Å². The molecular formula is C27H20N2. The third-order valence-corrected chi connectivity index (χ3v) is 6.87. The predicted octanol–water partition coefficient (Wildman–Crippen LogP) is 6.75. The predicted molar refractivity (Wildman–Crippen MR) is 121 cm³/mol. The fourth-order valence-electron chi connectivity index (χ4n) is 5.66. The van der Waals surface area contributed by atoms with E-state index in [1.807, 2.05) is 0 Å². The maximum absolute atomic E-state index is 2.61. The van der Waals surface area contributed by atoms with E-state index in [2.05, 4.69) is 101 Å². The Labute approximate surface area is 169 Å². The highest BCUT2D eigenvalue weighted by Crippen LogP contribution is 2.56. The smallest absolute Gasteiger partial charge is 0.0733 e. The molecule has 0 spiro atoms. The molecule has 1 atom stereocenters. The molecule has 0 bridgehead atoms. The van der Waals surface area contributed by atoms with Crippen LogP contribution in [0.25, 0.3) is 32.9 Å². The number of nitrogens with zero attached hydrogens (tertiary/aromatic N) is 2. The van der Waals surface area contributed by atoms with Gasteiger partial charge in [-0.15, -0.1) is 0 Å². The Balaban J connectivity index is 1.62.